The summed E-state index contributed by atoms with van der Waals surface area (Å²) in [6, 6.07) is 0. The highest BCUT2D eigenvalue weighted by atomic mass is 16.7. The van der Waals surface area contributed by atoms with Gasteiger partial charge in [0.2, 0.25) is 0 Å². The number of fused-ring (bicyclic) bond motifs is 4. The van der Waals surface area contributed by atoms with Gasteiger partial charge in [0.05, 0.1) is 18.6 Å². The van der Waals surface area contributed by atoms with E-state index >= 15 is 0 Å². The molecule has 26 heavy (non-hydrogen) atoms. The number of aliphatic hydroxyl groups excluding tert-OH is 1. The van der Waals surface area contributed by atoms with Crippen LogP contribution in [0.4, 0.5) is 0 Å². The van der Waals surface area contributed by atoms with Crippen molar-refractivity contribution in [1.82, 2.24) is 0 Å². The number of esters is 2. The van der Waals surface area contributed by atoms with E-state index in [2.05, 4.69) is 6.58 Å². The second-order valence-corrected chi connectivity index (χ2v) is 7.78. The Bertz CT molecular complexity index is 683. The number of carbonyl (C=O) groups excluding carboxylic acids is 2. The molecule has 2 unspecified atom stereocenters. The Labute approximate surface area is 151 Å². The number of aliphatic hydroxyl groups is 1. The van der Waals surface area contributed by atoms with E-state index in [1.807, 2.05) is 6.08 Å². The molecule has 3 fully saturated rings. The number of epoxide rings is 1. The number of rotatable bonds is 2. The van der Waals surface area contributed by atoms with Crippen LogP contribution in [0.3, 0.4) is 0 Å². The second kappa shape index (κ2) is 6.18. The topological polar surface area (TPSA) is 94.6 Å². The van der Waals surface area contributed by atoms with Gasteiger partial charge in [-0.25, -0.2) is 4.79 Å². The van der Waals surface area contributed by atoms with Crippen molar-refractivity contribution in [3.05, 3.63) is 23.8 Å². The van der Waals surface area contributed by atoms with Crippen LogP contribution in [0.25, 0.3) is 0 Å². The number of hydrogen-bond acceptors (Lipinski definition) is 7. The van der Waals surface area contributed by atoms with Gasteiger partial charge in [0, 0.05) is 17.9 Å². The highest BCUT2D eigenvalue weighted by Gasteiger charge is 2.65. The molecule has 2 bridgehead atoms. The molecule has 4 aliphatic heterocycles. The summed E-state index contributed by atoms with van der Waals surface area (Å²) in [4.78, 5) is 24.4. The fraction of sp³-hybridized carbons (Fsp3) is 0.684. The van der Waals surface area contributed by atoms with Crippen molar-refractivity contribution in [1.29, 1.82) is 0 Å². The molecule has 7 heteroatoms. The standard InChI is InChI=1S/C19H24O7/c1-9(2)16(20)25-13-7-19-14(26-19)5-4-11(8-23-18(19)22)6-12-15(13)10(3)17(21)24-12/h6,10,12-15,18,22H,1,4-5,7-8H2,2-3H3/b11-6-/t10-,12+,13-,14+,15+,18?,19?/m0/s1. The third-order valence-corrected chi connectivity index (χ3v) is 5.96. The molecule has 1 aliphatic carbocycles. The highest BCUT2D eigenvalue weighted by Crippen LogP contribution is 2.51. The van der Waals surface area contributed by atoms with Crippen LogP contribution in [0, 0.1) is 11.8 Å². The quantitative estimate of drug-likeness (QED) is 0.341. The molecule has 142 valence electrons. The number of carbonyl (C=O) groups is 2. The van der Waals surface area contributed by atoms with Gasteiger partial charge in [-0.3, -0.25) is 4.79 Å². The Kier molecular flexibility index (Phi) is 4.21. The maximum absolute atomic E-state index is 12.2. The smallest absolute Gasteiger partial charge is 0.333 e. The van der Waals surface area contributed by atoms with Crippen LogP contribution < -0.4 is 0 Å². The van der Waals surface area contributed by atoms with Crippen molar-refractivity contribution < 1.29 is 33.6 Å². The maximum Gasteiger partial charge on any atom is 0.333 e. The van der Waals surface area contributed by atoms with Crippen LogP contribution in [0.1, 0.15) is 33.1 Å². The molecule has 5 rings (SSSR count). The average molecular weight is 364 g/mol. The molecule has 0 aromatic rings. The lowest BCUT2D eigenvalue weighted by molar-refractivity contribution is -0.165. The molecule has 1 N–H and O–H groups in total. The SMILES string of the molecule is C=C(C)C(=O)O[C@H]1CC23O[C@@H]2CC/C(=C/[C@H]2OC(=O)[C@@H](C)[C@@H]12)COC3O. The van der Waals surface area contributed by atoms with Gasteiger partial charge >= 0.3 is 11.9 Å². The zero-order chi connectivity index (χ0) is 18.6. The van der Waals surface area contributed by atoms with E-state index in [1.165, 1.54) is 0 Å². The van der Waals surface area contributed by atoms with Crippen LogP contribution in [-0.2, 0) is 28.5 Å². The Morgan fingerprint density at radius 2 is 2.23 bits per heavy atom. The Balaban J connectivity index is 1.75. The summed E-state index contributed by atoms with van der Waals surface area (Å²) in [6.45, 7) is 7.26. The Morgan fingerprint density at radius 1 is 1.46 bits per heavy atom. The van der Waals surface area contributed by atoms with Gasteiger partial charge in [0.1, 0.15) is 17.8 Å². The molecule has 1 spiro atoms. The van der Waals surface area contributed by atoms with Crippen molar-refractivity contribution in [2.45, 2.75) is 63.3 Å². The van der Waals surface area contributed by atoms with E-state index in [9.17, 15) is 14.7 Å². The molecular weight excluding hydrogens is 340 g/mol. The lowest BCUT2D eigenvalue weighted by Gasteiger charge is -2.33. The maximum atomic E-state index is 12.2. The number of ether oxygens (including phenoxy) is 4. The molecule has 0 radical (unpaired) electrons. The zero-order valence-electron chi connectivity index (χ0n) is 15.0. The minimum atomic E-state index is -1.10. The summed E-state index contributed by atoms with van der Waals surface area (Å²) in [5.41, 5.74) is 0.328. The lowest BCUT2D eigenvalue weighted by atomic mass is 9.79. The van der Waals surface area contributed by atoms with Crippen molar-refractivity contribution >= 4 is 11.9 Å². The Morgan fingerprint density at radius 3 is 2.96 bits per heavy atom. The van der Waals surface area contributed by atoms with Crippen molar-refractivity contribution in [3.63, 3.8) is 0 Å². The van der Waals surface area contributed by atoms with E-state index in [4.69, 9.17) is 18.9 Å². The first-order chi connectivity index (χ1) is 12.3. The molecule has 3 saturated heterocycles. The van der Waals surface area contributed by atoms with Gasteiger partial charge in [0.15, 0.2) is 6.29 Å². The van der Waals surface area contributed by atoms with Crippen molar-refractivity contribution in [3.8, 4) is 0 Å². The molecule has 0 aromatic carbocycles. The largest absolute Gasteiger partial charge is 0.458 e. The third kappa shape index (κ3) is 2.78. The van der Waals surface area contributed by atoms with E-state index in [-0.39, 0.29) is 36.6 Å². The molecular formula is C19H24O7. The summed E-state index contributed by atoms with van der Waals surface area (Å²) < 4.78 is 22.7. The summed E-state index contributed by atoms with van der Waals surface area (Å²) in [5, 5.41) is 10.5. The molecule has 0 amide bonds. The summed E-state index contributed by atoms with van der Waals surface area (Å²) in [6.07, 6.45) is 1.25. The molecule has 7 nitrogen and oxygen atoms in total. The molecule has 5 aliphatic rings. The van der Waals surface area contributed by atoms with Gasteiger partial charge in [-0.2, -0.15) is 0 Å². The average Bonchev–Trinajstić information content (AvgIpc) is 3.20. The van der Waals surface area contributed by atoms with Crippen LogP contribution in [0.5, 0.6) is 0 Å². The monoisotopic (exact) mass is 364 g/mol. The van der Waals surface area contributed by atoms with Gasteiger partial charge in [-0.1, -0.05) is 13.5 Å². The first-order valence-corrected chi connectivity index (χ1v) is 9.06. The third-order valence-electron chi connectivity index (χ3n) is 5.96. The van der Waals surface area contributed by atoms with Gasteiger partial charge < -0.3 is 24.1 Å². The predicted molar refractivity (Wildman–Crippen MR) is 88.7 cm³/mol. The van der Waals surface area contributed by atoms with E-state index in [1.54, 1.807) is 13.8 Å². The van der Waals surface area contributed by atoms with Gasteiger partial charge in [-0.05, 0) is 31.4 Å². The fourth-order valence-corrected chi connectivity index (χ4v) is 4.36. The molecule has 0 aromatic heterocycles. The van der Waals surface area contributed by atoms with E-state index in [0.29, 0.717) is 0 Å². The van der Waals surface area contributed by atoms with Gasteiger partial charge in [-0.15, -0.1) is 0 Å². The summed E-state index contributed by atoms with van der Waals surface area (Å²) >= 11 is 0. The van der Waals surface area contributed by atoms with Crippen molar-refractivity contribution in [2.24, 2.45) is 11.8 Å². The van der Waals surface area contributed by atoms with Crippen LogP contribution in [0.2, 0.25) is 0 Å². The van der Waals surface area contributed by atoms with Gasteiger partial charge in [0.25, 0.3) is 0 Å². The van der Waals surface area contributed by atoms with Crippen LogP contribution in [-0.4, -0.2) is 53.9 Å². The van der Waals surface area contributed by atoms with E-state index < -0.39 is 36.0 Å². The molecule has 7 atom stereocenters. The number of hydrogen-bond donors (Lipinski definition) is 1. The van der Waals surface area contributed by atoms with Crippen LogP contribution in [0.15, 0.2) is 23.8 Å². The zero-order valence-corrected chi connectivity index (χ0v) is 15.0. The van der Waals surface area contributed by atoms with E-state index in [0.717, 1.165) is 18.4 Å². The molecule has 0 saturated carbocycles. The van der Waals surface area contributed by atoms with Crippen LogP contribution >= 0.6 is 0 Å². The first-order valence-electron chi connectivity index (χ1n) is 9.06. The Hall–Kier alpha value is -1.70. The molecule has 4 heterocycles. The minimum absolute atomic E-state index is 0.155. The normalized spacial score (nSPS) is 46.1. The first kappa shape index (κ1) is 17.7. The fourth-order valence-electron chi connectivity index (χ4n) is 4.36. The minimum Gasteiger partial charge on any atom is -0.458 e. The summed E-state index contributed by atoms with van der Waals surface area (Å²) in [7, 11) is 0. The van der Waals surface area contributed by atoms with Crippen molar-refractivity contribution in [2.75, 3.05) is 6.61 Å². The summed E-state index contributed by atoms with van der Waals surface area (Å²) in [5.74, 6) is -1.60. The lowest BCUT2D eigenvalue weighted by Crippen LogP contribution is -2.45. The highest BCUT2D eigenvalue weighted by molar-refractivity contribution is 5.87. The second-order valence-electron chi connectivity index (χ2n) is 7.78. The predicted octanol–water partition coefficient (Wildman–Crippen LogP) is 1.25.